The molecule has 2 rings (SSSR count). The zero-order valence-electron chi connectivity index (χ0n) is 12.0. The summed E-state index contributed by atoms with van der Waals surface area (Å²) in [5.41, 5.74) is 7.89. The predicted octanol–water partition coefficient (Wildman–Crippen LogP) is 2.35. The normalized spacial score (nSPS) is 12.0. The van der Waals surface area contributed by atoms with Crippen molar-refractivity contribution in [2.45, 2.75) is 19.0 Å². The minimum Gasteiger partial charge on any atom is -0.340 e. The van der Waals surface area contributed by atoms with E-state index in [2.05, 4.69) is 0 Å². The van der Waals surface area contributed by atoms with Crippen molar-refractivity contribution in [3.63, 3.8) is 0 Å². The van der Waals surface area contributed by atoms with Gasteiger partial charge in [0.1, 0.15) is 5.82 Å². The second kappa shape index (κ2) is 6.99. The van der Waals surface area contributed by atoms with E-state index < -0.39 is 6.04 Å². The molecule has 0 saturated heterocycles. The highest BCUT2D eigenvalue weighted by atomic mass is 19.1. The van der Waals surface area contributed by atoms with Crippen LogP contribution in [-0.4, -0.2) is 23.9 Å². The van der Waals surface area contributed by atoms with Gasteiger partial charge < -0.3 is 10.6 Å². The molecule has 0 aromatic heterocycles. The largest absolute Gasteiger partial charge is 0.340 e. The lowest BCUT2D eigenvalue weighted by Gasteiger charge is -2.21. The van der Waals surface area contributed by atoms with Crippen LogP contribution in [-0.2, 0) is 17.8 Å². The maximum atomic E-state index is 12.9. The van der Waals surface area contributed by atoms with E-state index in [9.17, 15) is 9.18 Å². The van der Waals surface area contributed by atoms with Gasteiger partial charge in [-0.1, -0.05) is 42.5 Å². The third kappa shape index (κ3) is 4.39. The van der Waals surface area contributed by atoms with Gasteiger partial charge in [-0.15, -0.1) is 0 Å². The van der Waals surface area contributed by atoms with Crippen molar-refractivity contribution in [3.8, 4) is 0 Å². The Kier molecular flexibility index (Phi) is 5.06. The molecule has 1 amide bonds. The Labute approximate surface area is 124 Å². The van der Waals surface area contributed by atoms with Crippen molar-refractivity contribution in [2.24, 2.45) is 5.73 Å². The summed E-state index contributed by atoms with van der Waals surface area (Å²) < 4.78 is 12.9. The Bertz CT molecular complexity index is 583. The van der Waals surface area contributed by atoms with Gasteiger partial charge in [-0.25, -0.2) is 4.39 Å². The van der Waals surface area contributed by atoms with Gasteiger partial charge in [-0.3, -0.25) is 4.79 Å². The molecule has 110 valence electrons. The fourth-order valence-electron chi connectivity index (χ4n) is 2.18. The average molecular weight is 286 g/mol. The van der Waals surface area contributed by atoms with Crippen LogP contribution in [0, 0.1) is 5.82 Å². The number of carbonyl (C=O) groups is 1. The van der Waals surface area contributed by atoms with Crippen LogP contribution in [0.1, 0.15) is 11.1 Å². The van der Waals surface area contributed by atoms with Crippen molar-refractivity contribution in [3.05, 3.63) is 71.5 Å². The van der Waals surface area contributed by atoms with E-state index in [1.807, 2.05) is 30.3 Å². The number of nitrogens with zero attached hydrogens (tertiary/aromatic N) is 1. The summed E-state index contributed by atoms with van der Waals surface area (Å²) in [6.45, 7) is 0.418. The topological polar surface area (TPSA) is 46.3 Å². The molecule has 0 saturated carbocycles. The zero-order valence-corrected chi connectivity index (χ0v) is 12.0. The summed E-state index contributed by atoms with van der Waals surface area (Å²) in [6.07, 6.45) is 0.507. The zero-order chi connectivity index (χ0) is 15.2. The quantitative estimate of drug-likeness (QED) is 0.917. The molecular weight excluding hydrogens is 267 g/mol. The fraction of sp³-hybridized carbons (Fsp3) is 0.235. The van der Waals surface area contributed by atoms with Crippen LogP contribution in [0.3, 0.4) is 0 Å². The second-order valence-corrected chi connectivity index (χ2v) is 5.12. The molecule has 1 atom stereocenters. The van der Waals surface area contributed by atoms with Crippen molar-refractivity contribution in [1.29, 1.82) is 0 Å². The summed E-state index contributed by atoms with van der Waals surface area (Å²) >= 11 is 0. The number of amides is 1. The van der Waals surface area contributed by atoms with E-state index in [1.54, 1.807) is 24.1 Å². The van der Waals surface area contributed by atoms with Crippen molar-refractivity contribution >= 4 is 5.91 Å². The van der Waals surface area contributed by atoms with Crippen molar-refractivity contribution in [1.82, 2.24) is 4.90 Å². The molecule has 2 N–H and O–H groups in total. The fourth-order valence-corrected chi connectivity index (χ4v) is 2.18. The second-order valence-electron chi connectivity index (χ2n) is 5.12. The number of nitrogens with two attached hydrogens (primary N) is 1. The van der Waals surface area contributed by atoms with Crippen LogP contribution in [0.2, 0.25) is 0 Å². The molecule has 21 heavy (non-hydrogen) atoms. The van der Waals surface area contributed by atoms with Gasteiger partial charge >= 0.3 is 0 Å². The summed E-state index contributed by atoms with van der Waals surface area (Å²) in [5.74, 6) is -0.406. The first kappa shape index (κ1) is 15.2. The standard InChI is InChI=1S/C17H19FN2O/c1-20(12-14-7-9-15(18)10-8-14)17(21)16(19)11-13-5-3-2-4-6-13/h2-10,16H,11-12,19H2,1H3. The van der Waals surface area contributed by atoms with Crippen molar-refractivity contribution in [2.75, 3.05) is 7.05 Å². The highest BCUT2D eigenvalue weighted by Gasteiger charge is 2.18. The average Bonchev–Trinajstić information content (AvgIpc) is 2.49. The Morgan fingerprint density at radius 3 is 2.33 bits per heavy atom. The van der Waals surface area contributed by atoms with Gasteiger partial charge in [0.2, 0.25) is 5.91 Å². The summed E-state index contributed by atoms with van der Waals surface area (Å²) in [5, 5.41) is 0. The van der Waals surface area contributed by atoms with E-state index >= 15 is 0 Å². The molecule has 2 aromatic carbocycles. The SMILES string of the molecule is CN(Cc1ccc(F)cc1)C(=O)C(N)Cc1ccccc1. The molecule has 0 heterocycles. The molecule has 1 unspecified atom stereocenters. The molecule has 0 bridgehead atoms. The van der Waals surface area contributed by atoms with E-state index in [0.29, 0.717) is 13.0 Å². The van der Waals surface area contributed by atoms with Gasteiger partial charge in [0, 0.05) is 13.6 Å². The Morgan fingerprint density at radius 2 is 1.71 bits per heavy atom. The molecule has 0 aliphatic heterocycles. The minimum absolute atomic E-state index is 0.122. The first-order valence-corrected chi connectivity index (χ1v) is 6.85. The summed E-state index contributed by atoms with van der Waals surface area (Å²) in [6, 6.07) is 15.2. The van der Waals surface area contributed by atoms with Crippen LogP contribution in [0.5, 0.6) is 0 Å². The van der Waals surface area contributed by atoms with Crippen molar-refractivity contribution < 1.29 is 9.18 Å². The number of hydrogen-bond donors (Lipinski definition) is 1. The molecule has 0 fully saturated rings. The summed E-state index contributed by atoms with van der Waals surface area (Å²) in [4.78, 5) is 13.8. The first-order chi connectivity index (χ1) is 10.1. The van der Waals surface area contributed by atoms with Gasteiger partial charge in [-0.2, -0.15) is 0 Å². The van der Waals surface area contributed by atoms with Crippen LogP contribution in [0.15, 0.2) is 54.6 Å². The van der Waals surface area contributed by atoms with Crippen LogP contribution >= 0.6 is 0 Å². The first-order valence-electron chi connectivity index (χ1n) is 6.85. The maximum absolute atomic E-state index is 12.9. The predicted molar refractivity (Wildman–Crippen MR) is 81.0 cm³/mol. The number of carbonyl (C=O) groups excluding carboxylic acids is 1. The molecule has 0 radical (unpaired) electrons. The van der Waals surface area contributed by atoms with E-state index in [1.165, 1.54) is 12.1 Å². The number of hydrogen-bond acceptors (Lipinski definition) is 2. The number of rotatable bonds is 5. The lowest BCUT2D eigenvalue weighted by Crippen LogP contribution is -2.42. The Morgan fingerprint density at radius 1 is 1.10 bits per heavy atom. The van der Waals surface area contributed by atoms with Crippen LogP contribution in [0.25, 0.3) is 0 Å². The minimum atomic E-state index is -0.571. The molecule has 2 aromatic rings. The maximum Gasteiger partial charge on any atom is 0.239 e. The lowest BCUT2D eigenvalue weighted by atomic mass is 10.1. The monoisotopic (exact) mass is 286 g/mol. The smallest absolute Gasteiger partial charge is 0.239 e. The lowest BCUT2D eigenvalue weighted by molar-refractivity contribution is -0.131. The third-order valence-electron chi connectivity index (χ3n) is 3.32. The highest BCUT2D eigenvalue weighted by Crippen LogP contribution is 2.08. The molecule has 0 aliphatic rings. The number of halogens is 1. The summed E-state index contributed by atoms with van der Waals surface area (Å²) in [7, 11) is 1.70. The Balaban J connectivity index is 1.93. The van der Waals surface area contributed by atoms with Gasteiger partial charge in [0.05, 0.1) is 6.04 Å². The van der Waals surface area contributed by atoms with Gasteiger partial charge in [-0.05, 0) is 29.7 Å². The van der Waals surface area contributed by atoms with Gasteiger partial charge in [0.15, 0.2) is 0 Å². The number of benzene rings is 2. The van der Waals surface area contributed by atoms with E-state index in [4.69, 9.17) is 5.73 Å². The van der Waals surface area contributed by atoms with Crippen LogP contribution in [0.4, 0.5) is 4.39 Å². The van der Waals surface area contributed by atoms with E-state index in [0.717, 1.165) is 11.1 Å². The number of likely N-dealkylation sites (N-methyl/N-ethyl adjacent to an activating group) is 1. The molecule has 0 spiro atoms. The van der Waals surface area contributed by atoms with Crippen LogP contribution < -0.4 is 5.73 Å². The molecule has 4 heteroatoms. The van der Waals surface area contributed by atoms with E-state index in [-0.39, 0.29) is 11.7 Å². The molecular formula is C17H19FN2O. The molecule has 0 aliphatic carbocycles. The third-order valence-corrected chi connectivity index (χ3v) is 3.32. The van der Waals surface area contributed by atoms with Gasteiger partial charge in [0.25, 0.3) is 0 Å². The molecule has 3 nitrogen and oxygen atoms in total. The Hall–Kier alpha value is -2.20. The highest BCUT2D eigenvalue weighted by molar-refractivity contribution is 5.81.